The normalized spacial score (nSPS) is 32.0. The largest absolute Gasteiger partial charge is 0.299 e. The summed E-state index contributed by atoms with van der Waals surface area (Å²) in [6, 6.07) is -0.327. The monoisotopic (exact) mass is 230 g/mol. The lowest BCUT2D eigenvalue weighted by molar-refractivity contribution is -0.121. The number of nitrogens with zero attached hydrogens (tertiary/aromatic N) is 4. The fourth-order valence-corrected chi connectivity index (χ4v) is 3.41. The van der Waals surface area contributed by atoms with Gasteiger partial charge in [-0.15, -0.1) is 10.2 Å². The Bertz CT molecular complexity index is 404. The van der Waals surface area contributed by atoms with Crippen LogP contribution in [-0.2, 0) is 14.6 Å². The number of carbonyl (C=O) groups is 1. The van der Waals surface area contributed by atoms with Crippen LogP contribution in [0.3, 0.4) is 0 Å². The highest BCUT2D eigenvalue weighted by molar-refractivity contribution is 7.91. The molecule has 2 unspecified atom stereocenters. The molecule has 0 saturated carbocycles. The van der Waals surface area contributed by atoms with Gasteiger partial charge in [0.1, 0.15) is 6.34 Å². The van der Waals surface area contributed by atoms with Gasteiger partial charge in [0.25, 0.3) is 0 Å². The maximum Gasteiger partial charge on any atom is 0.239 e. The van der Waals surface area contributed by atoms with Crippen LogP contribution in [-0.4, -0.2) is 49.9 Å². The average Bonchev–Trinajstić information content (AvgIpc) is 2.77. The fourth-order valence-electron chi connectivity index (χ4n) is 1.68. The molecule has 0 aromatic heterocycles. The summed E-state index contributed by atoms with van der Waals surface area (Å²) in [6.07, 6.45) is 1.60. The minimum Gasteiger partial charge on any atom is -0.299 e. The van der Waals surface area contributed by atoms with E-state index in [9.17, 15) is 13.2 Å². The van der Waals surface area contributed by atoms with E-state index in [0.29, 0.717) is 12.8 Å². The molecule has 82 valence electrons. The molecular formula is C7H10N4O3S. The van der Waals surface area contributed by atoms with E-state index < -0.39 is 16.1 Å². The first-order valence-corrected chi connectivity index (χ1v) is 6.29. The van der Waals surface area contributed by atoms with Gasteiger partial charge >= 0.3 is 0 Å². The maximum absolute atomic E-state index is 11.2. The summed E-state index contributed by atoms with van der Waals surface area (Å²) in [5, 5.41) is 7.23. The van der Waals surface area contributed by atoms with Crippen molar-refractivity contribution in [1.82, 2.24) is 4.90 Å². The Balaban J connectivity index is 2.11. The molecule has 1 saturated heterocycles. The molecule has 2 aliphatic rings. The summed E-state index contributed by atoms with van der Waals surface area (Å²) in [5.74, 6) is 0.114. The Kier molecular flexibility index (Phi) is 2.51. The Morgan fingerprint density at radius 2 is 2.27 bits per heavy atom. The van der Waals surface area contributed by atoms with Crippen LogP contribution in [0, 0.1) is 0 Å². The zero-order valence-corrected chi connectivity index (χ0v) is 8.67. The van der Waals surface area contributed by atoms with Gasteiger partial charge in [0, 0.05) is 0 Å². The molecule has 1 fully saturated rings. The average molecular weight is 230 g/mol. The number of aliphatic imine (C=N–C) groups is 1. The molecular weight excluding hydrogens is 220 g/mol. The van der Waals surface area contributed by atoms with E-state index in [-0.39, 0.29) is 17.5 Å². The molecule has 0 radical (unpaired) electrons. The van der Waals surface area contributed by atoms with E-state index >= 15 is 0 Å². The summed E-state index contributed by atoms with van der Waals surface area (Å²) in [5.41, 5.74) is 0. The number of hydrogen-bond donors (Lipinski definition) is 0. The first-order valence-electron chi connectivity index (χ1n) is 4.47. The third kappa shape index (κ3) is 2.04. The van der Waals surface area contributed by atoms with Gasteiger partial charge in [-0.05, 0) is 6.42 Å². The van der Waals surface area contributed by atoms with Gasteiger partial charge in [-0.2, -0.15) is 0 Å². The SMILES string of the molecule is O=CN(C1CCS(=O)(=O)C1)C1N=CN=N1. The molecule has 15 heavy (non-hydrogen) atoms. The van der Waals surface area contributed by atoms with Crippen LogP contribution in [0.4, 0.5) is 0 Å². The molecule has 7 nitrogen and oxygen atoms in total. The number of carbonyl (C=O) groups excluding carboxylic acids is 1. The highest BCUT2D eigenvalue weighted by Gasteiger charge is 2.35. The van der Waals surface area contributed by atoms with Gasteiger partial charge in [0.15, 0.2) is 9.84 Å². The Morgan fingerprint density at radius 3 is 2.73 bits per heavy atom. The molecule has 0 N–H and O–H groups in total. The van der Waals surface area contributed by atoms with Gasteiger partial charge in [-0.1, -0.05) is 0 Å². The van der Waals surface area contributed by atoms with Crippen molar-refractivity contribution >= 4 is 22.6 Å². The standard InChI is InChI=1S/C7H10N4O3S/c12-5-11(7-8-4-9-10-7)6-1-2-15(13,14)3-6/h4-7H,1-3H2. The highest BCUT2D eigenvalue weighted by atomic mass is 32.2. The molecule has 0 aromatic carbocycles. The predicted octanol–water partition coefficient (Wildman–Crippen LogP) is -0.590. The van der Waals surface area contributed by atoms with Crippen molar-refractivity contribution in [2.75, 3.05) is 11.5 Å². The zero-order valence-electron chi connectivity index (χ0n) is 7.85. The van der Waals surface area contributed by atoms with Crippen LogP contribution in [0.5, 0.6) is 0 Å². The molecule has 0 bridgehead atoms. The van der Waals surface area contributed by atoms with Crippen LogP contribution in [0.1, 0.15) is 6.42 Å². The lowest BCUT2D eigenvalue weighted by Gasteiger charge is -2.24. The van der Waals surface area contributed by atoms with Gasteiger partial charge in [0.2, 0.25) is 12.7 Å². The Labute approximate surface area is 86.8 Å². The van der Waals surface area contributed by atoms with Crippen molar-refractivity contribution in [3.8, 4) is 0 Å². The second-order valence-corrected chi connectivity index (χ2v) is 5.68. The van der Waals surface area contributed by atoms with Crippen LogP contribution >= 0.6 is 0 Å². The van der Waals surface area contributed by atoms with Crippen LogP contribution in [0.25, 0.3) is 0 Å². The quantitative estimate of drug-likeness (QED) is 0.606. The smallest absolute Gasteiger partial charge is 0.239 e. The third-order valence-electron chi connectivity index (χ3n) is 2.44. The minimum atomic E-state index is -3.00. The van der Waals surface area contributed by atoms with Gasteiger partial charge in [-0.3, -0.25) is 9.69 Å². The molecule has 8 heteroatoms. The third-order valence-corrected chi connectivity index (χ3v) is 4.19. The second-order valence-electron chi connectivity index (χ2n) is 3.45. The van der Waals surface area contributed by atoms with Gasteiger partial charge in [0.05, 0.1) is 17.5 Å². The Hall–Kier alpha value is -1.31. The van der Waals surface area contributed by atoms with Crippen LogP contribution in [0.15, 0.2) is 15.2 Å². The molecule has 0 aromatic rings. The van der Waals surface area contributed by atoms with E-state index in [1.54, 1.807) is 0 Å². The van der Waals surface area contributed by atoms with Crippen molar-refractivity contribution in [2.45, 2.75) is 18.8 Å². The predicted molar refractivity (Wildman–Crippen MR) is 52.1 cm³/mol. The maximum atomic E-state index is 11.2. The molecule has 2 atom stereocenters. The van der Waals surface area contributed by atoms with Crippen molar-refractivity contribution in [2.24, 2.45) is 15.2 Å². The molecule has 2 heterocycles. The van der Waals surface area contributed by atoms with E-state index in [4.69, 9.17) is 0 Å². The topological polar surface area (TPSA) is 91.5 Å². The molecule has 0 aliphatic carbocycles. The lowest BCUT2D eigenvalue weighted by Crippen LogP contribution is -2.40. The number of amides is 1. The number of azo groups is 1. The second kappa shape index (κ2) is 3.69. The summed E-state index contributed by atoms with van der Waals surface area (Å²) < 4.78 is 22.5. The number of sulfone groups is 1. The molecule has 1 amide bonds. The summed E-state index contributed by atoms with van der Waals surface area (Å²) in [6.45, 7) is 0. The van der Waals surface area contributed by atoms with Crippen molar-refractivity contribution in [3.63, 3.8) is 0 Å². The molecule has 0 spiro atoms. The van der Waals surface area contributed by atoms with Crippen LogP contribution < -0.4 is 0 Å². The summed E-state index contributed by atoms with van der Waals surface area (Å²) in [7, 11) is -3.00. The zero-order chi connectivity index (χ0) is 10.9. The van der Waals surface area contributed by atoms with Crippen molar-refractivity contribution in [3.05, 3.63) is 0 Å². The number of hydrogen-bond acceptors (Lipinski definition) is 6. The van der Waals surface area contributed by atoms with E-state index in [0.717, 1.165) is 0 Å². The van der Waals surface area contributed by atoms with Crippen molar-refractivity contribution in [1.29, 1.82) is 0 Å². The first kappa shape index (κ1) is 10.2. The van der Waals surface area contributed by atoms with Gasteiger partial charge < -0.3 is 0 Å². The van der Waals surface area contributed by atoms with Crippen molar-refractivity contribution < 1.29 is 13.2 Å². The summed E-state index contributed by atoms with van der Waals surface area (Å²) >= 11 is 0. The van der Waals surface area contributed by atoms with Crippen LogP contribution in [0.2, 0.25) is 0 Å². The Morgan fingerprint density at radius 1 is 1.47 bits per heavy atom. The lowest BCUT2D eigenvalue weighted by atomic mass is 10.2. The molecule has 2 rings (SSSR count). The van der Waals surface area contributed by atoms with E-state index in [2.05, 4.69) is 15.2 Å². The van der Waals surface area contributed by atoms with E-state index in [1.165, 1.54) is 11.2 Å². The summed E-state index contributed by atoms with van der Waals surface area (Å²) in [4.78, 5) is 16.0. The highest BCUT2D eigenvalue weighted by Crippen LogP contribution is 2.20. The fraction of sp³-hybridized carbons (Fsp3) is 0.714. The first-order chi connectivity index (χ1) is 7.12. The minimum absolute atomic E-state index is 0.00667. The van der Waals surface area contributed by atoms with Gasteiger partial charge in [-0.25, -0.2) is 13.4 Å². The van der Waals surface area contributed by atoms with E-state index in [1.807, 2.05) is 0 Å². The number of rotatable bonds is 3. The molecule has 2 aliphatic heterocycles.